The third kappa shape index (κ3) is 2.08. The molecule has 0 spiro atoms. The Balaban J connectivity index is 2.11. The molecule has 3 rings (SSSR count). The Bertz CT molecular complexity index is 695. The molecule has 0 N–H and O–H groups in total. The van der Waals surface area contributed by atoms with Gasteiger partial charge in [-0.05, 0) is 28.1 Å². The van der Waals surface area contributed by atoms with Gasteiger partial charge in [0, 0.05) is 17.0 Å². The van der Waals surface area contributed by atoms with Crippen LogP contribution in [0.1, 0.15) is 17.4 Å². The third-order valence-corrected chi connectivity index (χ3v) is 3.55. The summed E-state index contributed by atoms with van der Waals surface area (Å²) in [5.41, 5.74) is 1.36. The summed E-state index contributed by atoms with van der Waals surface area (Å²) in [6, 6.07) is 7.10. The number of halogens is 1. The number of methoxy groups -OCH3 is 1. The molecule has 1 unspecified atom stereocenters. The lowest BCUT2D eigenvalue weighted by Crippen LogP contribution is -2.23. The van der Waals surface area contributed by atoms with Gasteiger partial charge in [0.1, 0.15) is 6.04 Å². The molecular weight excluding hydrogens is 280 g/mol. The molecule has 2 heterocycles. The lowest BCUT2D eigenvalue weighted by molar-refractivity contribution is -0.136. The molecule has 20 heavy (non-hydrogen) atoms. The van der Waals surface area contributed by atoms with Crippen LogP contribution in [-0.4, -0.2) is 33.3 Å². The largest absolute Gasteiger partial charge is 0.466 e. The first-order valence-corrected chi connectivity index (χ1v) is 6.38. The van der Waals surface area contributed by atoms with Crippen molar-refractivity contribution < 1.29 is 9.53 Å². The Labute approximate surface area is 120 Å². The second-order valence-corrected chi connectivity index (χ2v) is 4.77. The number of benzene rings is 1. The van der Waals surface area contributed by atoms with Crippen LogP contribution in [0.25, 0.3) is 0 Å². The third-order valence-electron chi connectivity index (χ3n) is 3.20. The van der Waals surface area contributed by atoms with E-state index >= 15 is 0 Å². The van der Waals surface area contributed by atoms with E-state index < -0.39 is 0 Å². The highest BCUT2D eigenvalue weighted by Gasteiger charge is 2.28. The number of tetrazole rings is 1. The van der Waals surface area contributed by atoms with Crippen molar-refractivity contribution >= 4 is 17.6 Å². The van der Waals surface area contributed by atoms with E-state index in [1.165, 1.54) is 7.11 Å². The molecule has 7 heteroatoms. The molecule has 0 amide bonds. The van der Waals surface area contributed by atoms with E-state index in [0.717, 1.165) is 5.56 Å². The molecule has 0 bridgehead atoms. The van der Waals surface area contributed by atoms with Gasteiger partial charge < -0.3 is 4.74 Å². The number of carbonyl (C=O) groups is 1. The Kier molecular flexibility index (Phi) is 3.23. The summed E-state index contributed by atoms with van der Waals surface area (Å²) < 4.78 is 6.44. The first kappa shape index (κ1) is 12.8. The predicted molar refractivity (Wildman–Crippen MR) is 71.2 cm³/mol. The fraction of sp³-hybridized carbons (Fsp3) is 0.231. The Morgan fingerprint density at radius 1 is 1.45 bits per heavy atom. The molecule has 1 atom stereocenters. The van der Waals surface area contributed by atoms with E-state index in [1.54, 1.807) is 16.8 Å². The summed E-state index contributed by atoms with van der Waals surface area (Å²) in [7, 11) is 1.35. The van der Waals surface area contributed by atoms with Gasteiger partial charge in [-0.25, -0.2) is 9.48 Å². The summed E-state index contributed by atoms with van der Waals surface area (Å²) in [5.74, 6) is 0.231. The minimum Gasteiger partial charge on any atom is -0.466 e. The molecule has 1 aliphatic heterocycles. The smallest absolute Gasteiger partial charge is 0.333 e. The highest BCUT2D eigenvalue weighted by atomic mass is 35.5. The number of fused-ring (bicyclic) bond motifs is 1. The summed E-state index contributed by atoms with van der Waals surface area (Å²) in [5, 5.41) is 12.2. The second kappa shape index (κ2) is 5.05. The Hall–Kier alpha value is -2.21. The topological polar surface area (TPSA) is 69.9 Å². The van der Waals surface area contributed by atoms with E-state index in [1.807, 2.05) is 18.2 Å². The van der Waals surface area contributed by atoms with Crippen molar-refractivity contribution in [2.24, 2.45) is 0 Å². The quantitative estimate of drug-likeness (QED) is 0.785. The van der Waals surface area contributed by atoms with Crippen LogP contribution in [-0.2, 0) is 16.0 Å². The van der Waals surface area contributed by atoms with Gasteiger partial charge in [-0.1, -0.05) is 29.8 Å². The lowest BCUT2D eigenvalue weighted by Gasteiger charge is -2.21. The number of ether oxygens (including phenoxy) is 1. The molecule has 1 aliphatic rings. The van der Waals surface area contributed by atoms with Crippen LogP contribution in [0.5, 0.6) is 0 Å². The summed E-state index contributed by atoms with van der Waals surface area (Å²) in [6.45, 7) is 0. The average Bonchev–Trinajstić information content (AvgIpc) is 2.94. The van der Waals surface area contributed by atoms with Crippen molar-refractivity contribution in [1.29, 1.82) is 0 Å². The van der Waals surface area contributed by atoms with Crippen LogP contribution >= 0.6 is 11.6 Å². The molecule has 0 saturated heterocycles. The van der Waals surface area contributed by atoms with Crippen LogP contribution < -0.4 is 0 Å². The fourth-order valence-corrected chi connectivity index (χ4v) is 2.49. The predicted octanol–water partition coefficient (Wildman–Crippen LogP) is 1.57. The fourth-order valence-electron chi connectivity index (χ4n) is 2.24. The first-order valence-electron chi connectivity index (χ1n) is 6.01. The monoisotopic (exact) mass is 290 g/mol. The number of esters is 1. The van der Waals surface area contributed by atoms with Crippen molar-refractivity contribution in [1.82, 2.24) is 20.2 Å². The van der Waals surface area contributed by atoms with Crippen LogP contribution in [0.4, 0.5) is 0 Å². The van der Waals surface area contributed by atoms with Crippen LogP contribution in [0, 0.1) is 0 Å². The summed E-state index contributed by atoms with van der Waals surface area (Å²) in [4.78, 5) is 11.8. The summed E-state index contributed by atoms with van der Waals surface area (Å²) >= 11 is 6.22. The number of carbonyl (C=O) groups excluding carboxylic acids is 1. The van der Waals surface area contributed by atoms with E-state index in [9.17, 15) is 4.79 Å². The molecule has 0 saturated carbocycles. The minimum atomic E-state index is -0.378. The molecule has 1 aromatic heterocycles. The lowest BCUT2D eigenvalue weighted by atomic mass is 9.98. The van der Waals surface area contributed by atoms with E-state index in [0.29, 0.717) is 22.8 Å². The van der Waals surface area contributed by atoms with Gasteiger partial charge in [-0.2, -0.15) is 0 Å². The van der Waals surface area contributed by atoms with Gasteiger partial charge in [-0.3, -0.25) is 0 Å². The first-order chi connectivity index (χ1) is 9.70. The maximum Gasteiger partial charge on any atom is 0.333 e. The van der Waals surface area contributed by atoms with Gasteiger partial charge in [0.25, 0.3) is 0 Å². The minimum absolute atomic E-state index is 0.309. The molecular formula is C13H11ClN4O2. The number of hydrogen-bond acceptors (Lipinski definition) is 5. The van der Waals surface area contributed by atoms with Crippen molar-refractivity contribution in [2.45, 2.75) is 12.5 Å². The highest BCUT2D eigenvalue weighted by Crippen LogP contribution is 2.31. The normalized spacial score (nSPS) is 17.3. The maximum absolute atomic E-state index is 11.8. The number of hydrogen-bond donors (Lipinski definition) is 0. The SMILES string of the molecule is COC(=O)C1=CC(c2ccccc2Cl)n2nnnc2C1. The summed E-state index contributed by atoms with van der Waals surface area (Å²) in [6.07, 6.45) is 2.14. The Morgan fingerprint density at radius 2 is 2.25 bits per heavy atom. The molecule has 2 aromatic rings. The van der Waals surface area contributed by atoms with E-state index in [-0.39, 0.29) is 12.0 Å². The molecule has 1 aromatic carbocycles. The second-order valence-electron chi connectivity index (χ2n) is 4.37. The van der Waals surface area contributed by atoms with Crippen molar-refractivity contribution in [2.75, 3.05) is 7.11 Å². The van der Waals surface area contributed by atoms with Gasteiger partial charge >= 0.3 is 5.97 Å². The molecule has 0 fully saturated rings. The van der Waals surface area contributed by atoms with Gasteiger partial charge in [0.05, 0.1) is 7.11 Å². The molecule has 6 nitrogen and oxygen atoms in total. The Morgan fingerprint density at radius 3 is 3.00 bits per heavy atom. The number of nitrogens with zero attached hydrogens (tertiary/aromatic N) is 4. The standard InChI is InChI=1S/C13H11ClN4O2/c1-20-13(19)8-6-11(9-4-2-3-5-10(9)14)18-12(7-8)15-16-17-18/h2-6,11H,7H2,1H3. The number of allylic oxidation sites excluding steroid dienone is 1. The maximum atomic E-state index is 11.8. The zero-order valence-corrected chi connectivity index (χ0v) is 11.4. The zero-order chi connectivity index (χ0) is 14.1. The van der Waals surface area contributed by atoms with Gasteiger partial charge in [0.2, 0.25) is 0 Å². The van der Waals surface area contributed by atoms with Gasteiger partial charge in [0.15, 0.2) is 5.82 Å². The van der Waals surface area contributed by atoms with E-state index in [4.69, 9.17) is 16.3 Å². The van der Waals surface area contributed by atoms with E-state index in [2.05, 4.69) is 15.5 Å². The van der Waals surface area contributed by atoms with Crippen LogP contribution in [0.3, 0.4) is 0 Å². The van der Waals surface area contributed by atoms with Crippen LogP contribution in [0.15, 0.2) is 35.9 Å². The van der Waals surface area contributed by atoms with Crippen molar-refractivity contribution in [3.05, 3.63) is 52.3 Å². The molecule has 102 valence electrons. The number of rotatable bonds is 2. The van der Waals surface area contributed by atoms with Gasteiger partial charge in [-0.15, -0.1) is 5.10 Å². The van der Waals surface area contributed by atoms with Crippen LogP contribution in [0.2, 0.25) is 5.02 Å². The molecule has 0 aliphatic carbocycles. The van der Waals surface area contributed by atoms with Crippen molar-refractivity contribution in [3.8, 4) is 0 Å². The zero-order valence-electron chi connectivity index (χ0n) is 10.7. The van der Waals surface area contributed by atoms with Crippen molar-refractivity contribution in [3.63, 3.8) is 0 Å². The average molecular weight is 291 g/mol. The highest BCUT2D eigenvalue weighted by molar-refractivity contribution is 6.31. The molecule has 0 radical (unpaired) electrons. The number of aromatic nitrogens is 4.